The number of unbranched alkanes of at least 4 members (excludes halogenated alkanes) is 3. The van der Waals surface area contributed by atoms with Crippen LogP contribution in [0.25, 0.3) is 0 Å². The van der Waals surface area contributed by atoms with Crippen molar-refractivity contribution >= 4 is 0 Å². The second-order valence-corrected chi connectivity index (χ2v) is 3.81. The summed E-state index contributed by atoms with van der Waals surface area (Å²) in [6.45, 7) is 6.92. The Kier molecular flexibility index (Phi) is 5.91. The Bertz CT molecular complexity index is 268. The van der Waals surface area contributed by atoms with Crippen LogP contribution in [0.1, 0.15) is 38.2 Å². The second-order valence-electron chi connectivity index (χ2n) is 3.81. The Morgan fingerprint density at radius 3 is 2.80 bits per heavy atom. The zero-order valence-corrected chi connectivity index (χ0v) is 9.67. The summed E-state index contributed by atoms with van der Waals surface area (Å²) in [4.78, 5) is 0. The van der Waals surface area contributed by atoms with Crippen LogP contribution in [0.4, 0.5) is 0 Å². The van der Waals surface area contributed by atoms with Gasteiger partial charge in [-0.1, -0.05) is 38.3 Å². The molecule has 1 radical (unpaired) electrons. The third-order valence-corrected chi connectivity index (χ3v) is 2.45. The molecule has 83 valence electrons. The standard InChI is InChI=1S/C14H21O/c1-3-5-6-7-11-15-14-10-8-9-13(4-2)12-14/h8-10,12H,2-7,11H2,1H3. The van der Waals surface area contributed by atoms with Crippen LogP contribution >= 0.6 is 0 Å². The van der Waals surface area contributed by atoms with E-state index in [1.54, 1.807) is 0 Å². The van der Waals surface area contributed by atoms with E-state index in [0.29, 0.717) is 0 Å². The minimum absolute atomic E-state index is 0.826. The van der Waals surface area contributed by atoms with Crippen LogP contribution in [-0.4, -0.2) is 6.61 Å². The van der Waals surface area contributed by atoms with Crippen LogP contribution in [-0.2, 0) is 6.42 Å². The summed E-state index contributed by atoms with van der Waals surface area (Å²) < 4.78 is 5.67. The highest BCUT2D eigenvalue weighted by Crippen LogP contribution is 2.14. The van der Waals surface area contributed by atoms with Gasteiger partial charge in [-0.3, -0.25) is 0 Å². The van der Waals surface area contributed by atoms with Gasteiger partial charge in [-0.15, -0.1) is 0 Å². The quantitative estimate of drug-likeness (QED) is 0.611. The molecule has 0 fully saturated rings. The second kappa shape index (κ2) is 7.33. The fraction of sp³-hybridized carbons (Fsp3) is 0.500. The SMILES string of the molecule is [CH2]Cc1cccc(OCCCCCC)c1. The van der Waals surface area contributed by atoms with E-state index in [-0.39, 0.29) is 0 Å². The van der Waals surface area contributed by atoms with Crippen LogP contribution in [0.3, 0.4) is 0 Å². The molecule has 15 heavy (non-hydrogen) atoms. The number of benzene rings is 1. The van der Waals surface area contributed by atoms with E-state index in [9.17, 15) is 0 Å². The maximum Gasteiger partial charge on any atom is 0.119 e. The molecule has 0 amide bonds. The molecule has 0 heterocycles. The Morgan fingerprint density at radius 1 is 1.20 bits per heavy atom. The molecule has 1 rings (SSSR count). The van der Waals surface area contributed by atoms with E-state index in [4.69, 9.17) is 4.74 Å². The first-order valence-electron chi connectivity index (χ1n) is 5.87. The molecule has 0 aliphatic heterocycles. The minimum atomic E-state index is 0.826. The molecule has 1 nitrogen and oxygen atoms in total. The van der Waals surface area contributed by atoms with Crippen LogP contribution in [0.5, 0.6) is 5.75 Å². The van der Waals surface area contributed by atoms with Gasteiger partial charge in [0.1, 0.15) is 5.75 Å². The summed E-state index contributed by atoms with van der Waals surface area (Å²) in [5, 5.41) is 0. The molecule has 0 aliphatic carbocycles. The maximum atomic E-state index is 5.67. The van der Waals surface area contributed by atoms with Crippen molar-refractivity contribution in [3.05, 3.63) is 36.8 Å². The van der Waals surface area contributed by atoms with Crippen LogP contribution in [0, 0.1) is 6.92 Å². The predicted octanol–water partition coefficient (Wildman–Crippen LogP) is 4.02. The van der Waals surface area contributed by atoms with E-state index < -0.39 is 0 Å². The molecule has 0 saturated heterocycles. The zero-order valence-electron chi connectivity index (χ0n) is 9.67. The molecular weight excluding hydrogens is 184 g/mol. The lowest BCUT2D eigenvalue weighted by atomic mass is 10.2. The van der Waals surface area contributed by atoms with Crippen LogP contribution < -0.4 is 4.74 Å². The molecule has 0 bridgehead atoms. The average Bonchev–Trinajstić information content (AvgIpc) is 2.29. The number of rotatable bonds is 7. The largest absolute Gasteiger partial charge is 0.494 e. The minimum Gasteiger partial charge on any atom is -0.494 e. The monoisotopic (exact) mass is 205 g/mol. The van der Waals surface area contributed by atoms with Gasteiger partial charge >= 0.3 is 0 Å². The van der Waals surface area contributed by atoms with Gasteiger partial charge in [-0.05, 0) is 37.5 Å². The van der Waals surface area contributed by atoms with E-state index >= 15 is 0 Å². The molecule has 0 atom stereocenters. The molecule has 0 unspecified atom stereocenters. The van der Waals surface area contributed by atoms with Gasteiger partial charge in [0.05, 0.1) is 6.61 Å². The van der Waals surface area contributed by atoms with Gasteiger partial charge in [0.2, 0.25) is 0 Å². The maximum absolute atomic E-state index is 5.67. The van der Waals surface area contributed by atoms with Crippen molar-refractivity contribution in [2.75, 3.05) is 6.61 Å². The lowest BCUT2D eigenvalue weighted by molar-refractivity contribution is 0.305. The molecule has 0 saturated carbocycles. The van der Waals surface area contributed by atoms with Gasteiger partial charge in [0.25, 0.3) is 0 Å². The third kappa shape index (κ3) is 4.87. The van der Waals surface area contributed by atoms with Gasteiger partial charge in [0, 0.05) is 0 Å². The molecule has 1 heteroatoms. The number of hydrogen-bond acceptors (Lipinski definition) is 1. The summed E-state index contributed by atoms with van der Waals surface area (Å²) >= 11 is 0. The van der Waals surface area contributed by atoms with Crippen LogP contribution in [0.15, 0.2) is 24.3 Å². The van der Waals surface area contributed by atoms with Gasteiger partial charge in [0.15, 0.2) is 0 Å². The van der Waals surface area contributed by atoms with Gasteiger partial charge in [-0.25, -0.2) is 0 Å². The number of ether oxygens (including phenoxy) is 1. The summed E-state index contributed by atoms with van der Waals surface area (Å²) in [6.07, 6.45) is 5.83. The Labute approximate surface area is 93.5 Å². The highest BCUT2D eigenvalue weighted by molar-refractivity contribution is 5.28. The topological polar surface area (TPSA) is 9.23 Å². The van der Waals surface area contributed by atoms with Crippen molar-refractivity contribution < 1.29 is 4.74 Å². The molecule has 1 aromatic rings. The fourth-order valence-electron chi connectivity index (χ4n) is 1.51. The first-order valence-corrected chi connectivity index (χ1v) is 5.87. The first-order chi connectivity index (χ1) is 7.36. The molecule has 0 aliphatic rings. The van der Waals surface area contributed by atoms with Crippen molar-refractivity contribution in [3.8, 4) is 5.75 Å². The van der Waals surface area contributed by atoms with E-state index in [2.05, 4.69) is 26.0 Å². The third-order valence-electron chi connectivity index (χ3n) is 2.45. The van der Waals surface area contributed by atoms with Crippen molar-refractivity contribution in [3.63, 3.8) is 0 Å². The normalized spacial score (nSPS) is 10.3. The smallest absolute Gasteiger partial charge is 0.119 e. The lowest BCUT2D eigenvalue weighted by Gasteiger charge is -2.06. The first kappa shape index (κ1) is 12.1. The van der Waals surface area contributed by atoms with E-state index in [0.717, 1.165) is 25.2 Å². The molecule has 0 N–H and O–H groups in total. The number of hydrogen-bond donors (Lipinski definition) is 0. The molecule has 0 spiro atoms. The van der Waals surface area contributed by atoms with Crippen LogP contribution in [0.2, 0.25) is 0 Å². The van der Waals surface area contributed by atoms with E-state index in [1.165, 1.54) is 24.8 Å². The van der Waals surface area contributed by atoms with E-state index in [1.807, 2.05) is 12.1 Å². The summed E-state index contributed by atoms with van der Waals surface area (Å²) in [5.74, 6) is 0.979. The predicted molar refractivity (Wildman–Crippen MR) is 65.1 cm³/mol. The Hall–Kier alpha value is -0.980. The molecular formula is C14H21O. The highest BCUT2D eigenvalue weighted by atomic mass is 16.5. The average molecular weight is 205 g/mol. The van der Waals surface area contributed by atoms with Crippen molar-refractivity contribution in [1.82, 2.24) is 0 Å². The Balaban J connectivity index is 2.24. The van der Waals surface area contributed by atoms with Gasteiger partial charge in [-0.2, -0.15) is 0 Å². The van der Waals surface area contributed by atoms with Gasteiger partial charge < -0.3 is 4.74 Å². The molecule has 0 aromatic heterocycles. The zero-order chi connectivity index (χ0) is 10.9. The Morgan fingerprint density at radius 2 is 2.07 bits per heavy atom. The van der Waals surface area contributed by atoms with Crippen molar-refractivity contribution in [2.45, 2.75) is 39.0 Å². The summed E-state index contributed by atoms with van der Waals surface area (Å²) in [5.41, 5.74) is 1.24. The molecule has 1 aromatic carbocycles. The van der Waals surface area contributed by atoms with Crippen molar-refractivity contribution in [1.29, 1.82) is 0 Å². The highest BCUT2D eigenvalue weighted by Gasteiger charge is 1.95. The van der Waals surface area contributed by atoms with Crippen molar-refractivity contribution in [2.24, 2.45) is 0 Å². The summed E-state index contributed by atoms with van der Waals surface area (Å²) in [6, 6.07) is 8.20. The fourth-order valence-corrected chi connectivity index (χ4v) is 1.51. The lowest BCUT2D eigenvalue weighted by Crippen LogP contribution is -1.97. The summed E-state index contributed by atoms with van der Waals surface area (Å²) in [7, 11) is 0.